The van der Waals surface area contributed by atoms with E-state index in [0.29, 0.717) is 22.6 Å². The molecule has 2 amide bonds. The predicted molar refractivity (Wildman–Crippen MR) is 123 cm³/mol. The Balaban J connectivity index is 1.69. The highest BCUT2D eigenvalue weighted by molar-refractivity contribution is 6.31. The van der Waals surface area contributed by atoms with Gasteiger partial charge in [-0.1, -0.05) is 17.7 Å². The van der Waals surface area contributed by atoms with Gasteiger partial charge in [-0.3, -0.25) is 14.6 Å². The highest BCUT2D eigenvalue weighted by atomic mass is 35.5. The van der Waals surface area contributed by atoms with Gasteiger partial charge >= 0.3 is 6.18 Å². The van der Waals surface area contributed by atoms with Gasteiger partial charge in [0.1, 0.15) is 0 Å². The SMILES string of the molecule is CN(C)[C@H](CNC(=O)CC(c1ccncc1)C1(C(F)(F)F)CC1)Cc1ccc(C(N)=O)cc1Cl. The number of nitrogens with two attached hydrogens (primary N) is 1. The Morgan fingerprint density at radius 1 is 1.21 bits per heavy atom. The summed E-state index contributed by atoms with van der Waals surface area (Å²) in [6, 6.07) is 7.71. The molecule has 184 valence electrons. The van der Waals surface area contributed by atoms with E-state index in [0.717, 1.165) is 5.56 Å². The van der Waals surface area contributed by atoms with Crippen LogP contribution in [0.3, 0.4) is 0 Å². The molecule has 1 unspecified atom stereocenters. The smallest absolute Gasteiger partial charge is 0.366 e. The fraction of sp³-hybridized carbons (Fsp3) is 0.458. The van der Waals surface area contributed by atoms with Crippen molar-refractivity contribution in [1.29, 1.82) is 0 Å². The maximum Gasteiger partial charge on any atom is 0.395 e. The number of nitrogens with zero attached hydrogens (tertiary/aromatic N) is 2. The number of rotatable bonds is 10. The lowest BCUT2D eigenvalue weighted by atomic mass is 9.80. The van der Waals surface area contributed by atoms with E-state index >= 15 is 0 Å². The normalized spacial score (nSPS) is 16.7. The molecule has 3 N–H and O–H groups in total. The van der Waals surface area contributed by atoms with Crippen molar-refractivity contribution in [1.82, 2.24) is 15.2 Å². The molecule has 0 aliphatic heterocycles. The molecule has 0 saturated heterocycles. The van der Waals surface area contributed by atoms with Crippen molar-refractivity contribution in [3.05, 3.63) is 64.4 Å². The molecule has 1 aromatic carbocycles. The largest absolute Gasteiger partial charge is 0.395 e. The van der Waals surface area contributed by atoms with Crippen molar-refractivity contribution in [2.45, 2.75) is 43.8 Å². The number of amides is 2. The van der Waals surface area contributed by atoms with Crippen LogP contribution in [-0.4, -0.2) is 54.6 Å². The fourth-order valence-electron chi connectivity index (χ4n) is 4.24. The summed E-state index contributed by atoms with van der Waals surface area (Å²) in [4.78, 5) is 29.9. The van der Waals surface area contributed by atoms with Gasteiger partial charge in [0.2, 0.25) is 11.8 Å². The van der Waals surface area contributed by atoms with E-state index in [1.54, 1.807) is 24.3 Å². The van der Waals surface area contributed by atoms with E-state index in [1.165, 1.54) is 18.5 Å². The van der Waals surface area contributed by atoms with Gasteiger partial charge in [0, 0.05) is 47.9 Å². The summed E-state index contributed by atoms with van der Waals surface area (Å²) in [7, 11) is 3.68. The first-order valence-corrected chi connectivity index (χ1v) is 11.3. The third kappa shape index (κ3) is 5.88. The number of hydrogen-bond acceptors (Lipinski definition) is 4. The number of benzene rings is 1. The standard InChI is InChI=1S/C24H28ClF3N4O2/c1-32(2)18(11-16-3-4-17(22(29)34)12-20(16)25)14-31-21(33)13-19(15-5-9-30-10-6-15)23(7-8-23)24(26,27)28/h3-6,9-10,12,18-19H,7-8,11,13-14H2,1-2H3,(H2,29,34)(H,31,33)/t18-,19?/m0/s1. The van der Waals surface area contributed by atoms with E-state index < -0.39 is 29.3 Å². The molecule has 0 spiro atoms. The minimum atomic E-state index is -4.39. The van der Waals surface area contributed by atoms with Gasteiger partial charge in [-0.05, 0) is 68.8 Å². The molecule has 2 atom stereocenters. The second kappa shape index (κ2) is 10.3. The van der Waals surface area contributed by atoms with Crippen LogP contribution in [0.2, 0.25) is 5.02 Å². The zero-order chi connectivity index (χ0) is 25.1. The molecule has 1 aliphatic rings. The Morgan fingerprint density at radius 3 is 2.35 bits per heavy atom. The monoisotopic (exact) mass is 496 g/mol. The van der Waals surface area contributed by atoms with Crippen LogP contribution in [-0.2, 0) is 11.2 Å². The molecule has 34 heavy (non-hydrogen) atoms. The van der Waals surface area contributed by atoms with E-state index in [1.807, 2.05) is 19.0 Å². The fourth-order valence-corrected chi connectivity index (χ4v) is 4.50. The number of alkyl halides is 3. The molecular formula is C24H28ClF3N4O2. The second-order valence-electron chi connectivity index (χ2n) is 8.99. The van der Waals surface area contributed by atoms with Crippen molar-refractivity contribution in [2.75, 3.05) is 20.6 Å². The van der Waals surface area contributed by atoms with Crippen LogP contribution in [0.4, 0.5) is 13.2 Å². The Bertz CT molecular complexity index is 1030. The average molecular weight is 497 g/mol. The first-order chi connectivity index (χ1) is 15.9. The zero-order valence-corrected chi connectivity index (χ0v) is 19.8. The van der Waals surface area contributed by atoms with Gasteiger partial charge in [-0.15, -0.1) is 0 Å². The maximum atomic E-state index is 13.9. The summed E-state index contributed by atoms with van der Waals surface area (Å²) in [5, 5.41) is 3.19. The summed E-state index contributed by atoms with van der Waals surface area (Å²) < 4.78 is 41.6. The Labute approximate surface area is 201 Å². The molecule has 1 fully saturated rings. The highest BCUT2D eigenvalue weighted by Crippen LogP contribution is 2.66. The molecular weight excluding hydrogens is 469 g/mol. The number of primary amides is 1. The minimum absolute atomic E-state index is 0.0108. The van der Waals surface area contributed by atoms with Crippen LogP contribution in [0.15, 0.2) is 42.7 Å². The van der Waals surface area contributed by atoms with E-state index in [-0.39, 0.29) is 31.8 Å². The minimum Gasteiger partial charge on any atom is -0.366 e. The first kappa shape index (κ1) is 26.0. The molecule has 6 nitrogen and oxygen atoms in total. The topological polar surface area (TPSA) is 88.3 Å². The van der Waals surface area contributed by atoms with Crippen LogP contribution in [0, 0.1) is 5.41 Å². The number of carbonyl (C=O) groups is 2. The Kier molecular flexibility index (Phi) is 7.88. The predicted octanol–water partition coefficient (Wildman–Crippen LogP) is 3.94. The maximum absolute atomic E-state index is 13.9. The van der Waals surface area contributed by atoms with Gasteiger partial charge in [0.15, 0.2) is 0 Å². The second-order valence-corrected chi connectivity index (χ2v) is 9.39. The van der Waals surface area contributed by atoms with E-state index in [4.69, 9.17) is 17.3 Å². The number of carbonyl (C=O) groups excluding carboxylic acids is 2. The molecule has 1 heterocycles. The molecule has 1 aliphatic carbocycles. The van der Waals surface area contributed by atoms with E-state index in [9.17, 15) is 22.8 Å². The van der Waals surface area contributed by atoms with Crippen LogP contribution in [0.5, 0.6) is 0 Å². The summed E-state index contributed by atoms with van der Waals surface area (Å²) in [6.07, 6.45) is -1.28. The number of nitrogens with one attached hydrogen (secondary N) is 1. The summed E-state index contributed by atoms with van der Waals surface area (Å²) in [5.41, 5.74) is 4.93. The lowest BCUT2D eigenvalue weighted by Crippen LogP contribution is -2.42. The molecule has 0 bridgehead atoms. The molecule has 1 saturated carbocycles. The van der Waals surface area contributed by atoms with Crippen LogP contribution < -0.4 is 11.1 Å². The number of hydrogen-bond donors (Lipinski definition) is 2. The summed E-state index contributed by atoms with van der Waals surface area (Å²) in [5.74, 6) is -2.00. The molecule has 3 rings (SSSR count). The first-order valence-electron chi connectivity index (χ1n) is 10.9. The van der Waals surface area contributed by atoms with Gasteiger partial charge in [-0.25, -0.2) is 0 Å². The number of likely N-dealkylation sites (N-methyl/N-ethyl adjacent to an activating group) is 1. The van der Waals surface area contributed by atoms with Gasteiger partial charge < -0.3 is 16.0 Å². The Hall–Kier alpha value is -2.65. The highest BCUT2D eigenvalue weighted by Gasteiger charge is 2.67. The van der Waals surface area contributed by atoms with Crippen molar-refractivity contribution in [2.24, 2.45) is 11.1 Å². The third-order valence-corrected chi connectivity index (χ3v) is 6.93. The third-order valence-electron chi connectivity index (χ3n) is 6.58. The molecule has 2 aromatic rings. The zero-order valence-electron chi connectivity index (χ0n) is 19.0. The van der Waals surface area contributed by atoms with E-state index in [2.05, 4.69) is 10.3 Å². The van der Waals surface area contributed by atoms with Crippen LogP contribution >= 0.6 is 11.6 Å². The van der Waals surface area contributed by atoms with Gasteiger partial charge in [0.25, 0.3) is 0 Å². The van der Waals surface area contributed by atoms with Crippen molar-refractivity contribution < 1.29 is 22.8 Å². The lowest BCUT2D eigenvalue weighted by Gasteiger charge is -2.30. The van der Waals surface area contributed by atoms with Crippen molar-refractivity contribution in [3.8, 4) is 0 Å². The number of pyridine rings is 1. The number of halogens is 4. The quantitative estimate of drug-likeness (QED) is 0.521. The Morgan fingerprint density at radius 2 is 1.85 bits per heavy atom. The van der Waals surface area contributed by atoms with Crippen molar-refractivity contribution >= 4 is 23.4 Å². The summed E-state index contributed by atoms with van der Waals surface area (Å²) >= 11 is 6.30. The summed E-state index contributed by atoms with van der Waals surface area (Å²) in [6.45, 7) is 0.224. The average Bonchev–Trinajstić information content (AvgIpc) is 3.58. The molecule has 1 aromatic heterocycles. The van der Waals surface area contributed by atoms with Crippen molar-refractivity contribution in [3.63, 3.8) is 0 Å². The van der Waals surface area contributed by atoms with Crippen LogP contribution in [0.25, 0.3) is 0 Å². The lowest BCUT2D eigenvalue weighted by molar-refractivity contribution is -0.194. The van der Waals surface area contributed by atoms with Crippen LogP contribution in [0.1, 0.15) is 46.7 Å². The van der Waals surface area contributed by atoms with Gasteiger partial charge in [-0.2, -0.15) is 13.2 Å². The molecule has 10 heteroatoms. The van der Waals surface area contributed by atoms with Gasteiger partial charge in [0.05, 0.1) is 5.41 Å². The molecule has 0 radical (unpaired) electrons. The number of aromatic nitrogens is 1.